The number of aryl methyl sites for hydroxylation is 1. The molecule has 0 bridgehead atoms. The minimum Gasteiger partial charge on any atom is -0.336 e. The molecule has 1 fully saturated rings. The van der Waals surface area contributed by atoms with Gasteiger partial charge in [0, 0.05) is 44.7 Å². The topological polar surface area (TPSA) is 74.7 Å². The number of anilines is 1. The molecule has 0 spiro atoms. The number of carbonyl (C=O) groups excluding carboxylic acids is 2. The highest BCUT2D eigenvalue weighted by Crippen LogP contribution is 2.21. The predicted molar refractivity (Wildman–Crippen MR) is 122 cm³/mol. The number of rotatable bonds is 4. The fourth-order valence-corrected chi connectivity index (χ4v) is 4.01. The third-order valence-electron chi connectivity index (χ3n) is 5.56. The Morgan fingerprint density at radius 2 is 1.68 bits per heavy atom. The van der Waals surface area contributed by atoms with Crippen molar-refractivity contribution in [1.82, 2.24) is 14.4 Å². The minimum absolute atomic E-state index is 0.148. The lowest BCUT2D eigenvalue weighted by atomic mass is 10.1. The van der Waals surface area contributed by atoms with Crippen LogP contribution in [0.5, 0.6) is 0 Å². The first-order valence-corrected chi connectivity index (χ1v) is 10.5. The number of para-hydroxylation sites is 2. The molecular weight excluding hydrogens is 416 g/mol. The lowest BCUT2D eigenvalue weighted by Crippen LogP contribution is -2.50. The van der Waals surface area contributed by atoms with Crippen molar-refractivity contribution in [2.45, 2.75) is 0 Å². The predicted octanol–water partition coefficient (Wildman–Crippen LogP) is 2.59. The Hall–Kier alpha value is -3.16. The molecule has 4 rings (SSSR count). The molecule has 0 unspecified atom stereocenters. The summed E-state index contributed by atoms with van der Waals surface area (Å²) in [5.41, 5.74) is 1.52. The van der Waals surface area contributed by atoms with Crippen LogP contribution in [0.25, 0.3) is 10.9 Å². The van der Waals surface area contributed by atoms with E-state index in [4.69, 9.17) is 11.6 Å². The van der Waals surface area contributed by atoms with Crippen LogP contribution in [0.2, 0.25) is 5.02 Å². The van der Waals surface area contributed by atoms with E-state index in [0.29, 0.717) is 42.5 Å². The third kappa shape index (κ3) is 4.47. The summed E-state index contributed by atoms with van der Waals surface area (Å²) in [5.74, 6) is -0.306. The highest BCUT2D eigenvalue weighted by atomic mass is 35.5. The van der Waals surface area contributed by atoms with Crippen molar-refractivity contribution in [3.05, 3.63) is 75.5 Å². The van der Waals surface area contributed by atoms with Gasteiger partial charge in [0.15, 0.2) is 0 Å². The van der Waals surface area contributed by atoms with Gasteiger partial charge in [-0.1, -0.05) is 41.9 Å². The number of fused-ring (bicyclic) bond motifs is 1. The number of nitrogens with one attached hydrogen (secondary N) is 1. The lowest BCUT2D eigenvalue weighted by molar-refractivity contribution is -0.117. The van der Waals surface area contributed by atoms with E-state index in [1.165, 1.54) is 6.07 Å². The Balaban J connectivity index is 1.40. The standard InChI is InChI=1S/C23H23ClN4O3/c1-26-20-9-5-2-6-16(20)17(14-22(26)30)23(31)28-12-10-27(11-13-28)15-21(29)25-19-8-4-3-7-18(19)24/h2-9,14H,10-13,15H2,1H3,(H,25,29). The van der Waals surface area contributed by atoms with Crippen molar-refractivity contribution in [1.29, 1.82) is 0 Å². The molecule has 160 valence electrons. The largest absolute Gasteiger partial charge is 0.336 e. The van der Waals surface area contributed by atoms with E-state index in [1.54, 1.807) is 34.7 Å². The van der Waals surface area contributed by atoms with Crippen LogP contribution in [0, 0.1) is 0 Å². The van der Waals surface area contributed by atoms with E-state index in [0.717, 1.165) is 10.9 Å². The Bertz CT molecular complexity index is 1200. The fraction of sp³-hybridized carbons (Fsp3) is 0.261. The van der Waals surface area contributed by atoms with Crippen LogP contribution in [-0.2, 0) is 11.8 Å². The molecule has 1 N–H and O–H groups in total. The number of aromatic nitrogens is 1. The molecular formula is C23H23ClN4O3. The second-order valence-electron chi connectivity index (χ2n) is 7.57. The number of piperazine rings is 1. The van der Waals surface area contributed by atoms with Gasteiger partial charge in [0.1, 0.15) is 0 Å². The summed E-state index contributed by atoms with van der Waals surface area (Å²) in [5, 5.41) is 4.07. The molecule has 7 nitrogen and oxygen atoms in total. The Morgan fingerprint density at radius 1 is 1.00 bits per heavy atom. The van der Waals surface area contributed by atoms with Gasteiger partial charge in [-0.25, -0.2) is 0 Å². The minimum atomic E-state index is -0.211. The van der Waals surface area contributed by atoms with E-state index < -0.39 is 0 Å². The molecule has 0 saturated carbocycles. The number of carbonyl (C=O) groups is 2. The zero-order valence-electron chi connectivity index (χ0n) is 17.2. The molecule has 2 aromatic carbocycles. The van der Waals surface area contributed by atoms with Gasteiger partial charge in [0.2, 0.25) is 5.91 Å². The summed E-state index contributed by atoms with van der Waals surface area (Å²) < 4.78 is 1.54. The Kier molecular flexibility index (Phi) is 6.06. The molecule has 1 aliphatic heterocycles. The maximum atomic E-state index is 13.2. The number of hydrogen-bond acceptors (Lipinski definition) is 4. The van der Waals surface area contributed by atoms with Gasteiger partial charge in [-0.05, 0) is 18.2 Å². The molecule has 2 heterocycles. The van der Waals surface area contributed by atoms with E-state index in [2.05, 4.69) is 5.32 Å². The maximum Gasteiger partial charge on any atom is 0.254 e. The van der Waals surface area contributed by atoms with Crippen molar-refractivity contribution in [3.8, 4) is 0 Å². The van der Waals surface area contributed by atoms with E-state index in [1.807, 2.05) is 35.2 Å². The number of pyridine rings is 1. The summed E-state index contributed by atoms with van der Waals surface area (Å²) in [6.45, 7) is 2.35. The van der Waals surface area contributed by atoms with Gasteiger partial charge in [0.05, 0.1) is 28.3 Å². The van der Waals surface area contributed by atoms with Gasteiger partial charge in [-0.3, -0.25) is 19.3 Å². The first-order chi connectivity index (χ1) is 14.9. The van der Waals surface area contributed by atoms with E-state index >= 15 is 0 Å². The van der Waals surface area contributed by atoms with Crippen LogP contribution in [0.4, 0.5) is 5.69 Å². The SMILES string of the molecule is Cn1c(=O)cc(C(=O)N2CCN(CC(=O)Nc3ccccc3Cl)CC2)c2ccccc21. The number of halogens is 1. The number of benzene rings is 2. The summed E-state index contributed by atoms with van der Waals surface area (Å²) in [6.07, 6.45) is 0. The van der Waals surface area contributed by atoms with Gasteiger partial charge in [-0.15, -0.1) is 0 Å². The molecule has 1 saturated heterocycles. The van der Waals surface area contributed by atoms with Crippen LogP contribution in [-0.4, -0.2) is 58.9 Å². The average molecular weight is 439 g/mol. The van der Waals surface area contributed by atoms with Crippen LogP contribution in [0.3, 0.4) is 0 Å². The smallest absolute Gasteiger partial charge is 0.254 e. The van der Waals surface area contributed by atoms with Gasteiger partial charge in [0.25, 0.3) is 11.5 Å². The molecule has 0 aliphatic carbocycles. The summed E-state index contributed by atoms with van der Waals surface area (Å²) >= 11 is 6.09. The molecule has 2 amide bonds. The fourth-order valence-electron chi connectivity index (χ4n) is 3.82. The first kappa shape index (κ1) is 21.1. The van der Waals surface area contributed by atoms with E-state index in [-0.39, 0.29) is 23.9 Å². The monoisotopic (exact) mass is 438 g/mol. The maximum absolute atomic E-state index is 13.2. The third-order valence-corrected chi connectivity index (χ3v) is 5.89. The number of nitrogens with zero attached hydrogens (tertiary/aromatic N) is 3. The summed E-state index contributed by atoms with van der Waals surface area (Å²) in [7, 11) is 1.70. The van der Waals surface area contributed by atoms with Crippen LogP contribution >= 0.6 is 11.6 Å². The van der Waals surface area contributed by atoms with Crippen LogP contribution < -0.4 is 10.9 Å². The molecule has 0 atom stereocenters. The van der Waals surface area contributed by atoms with Crippen molar-refractivity contribution in [2.24, 2.45) is 7.05 Å². The summed E-state index contributed by atoms with van der Waals surface area (Å²) in [4.78, 5) is 41.6. The molecule has 0 radical (unpaired) electrons. The molecule has 1 aromatic heterocycles. The van der Waals surface area contributed by atoms with Gasteiger partial charge >= 0.3 is 0 Å². The Labute approximate surface area is 184 Å². The first-order valence-electron chi connectivity index (χ1n) is 10.1. The molecule has 31 heavy (non-hydrogen) atoms. The second-order valence-corrected chi connectivity index (χ2v) is 7.98. The molecule has 8 heteroatoms. The van der Waals surface area contributed by atoms with Gasteiger partial charge in [-0.2, -0.15) is 0 Å². The van der Waals surface area contributed by atoms with Gasteiger partial charge < -0.3 is 14.8 Å². The quantitative estimate of drug-likeness (QED) is 0.679. The molecule has 3 aromatic rings. The highest BCUT2D eigenvalue weighted by molar-refractivity contribution is 6.33. The zero-order valence-corrected chi connectivity index (χ0v) is 17.9. The van der Waals surface area contributed by atoms with Crippen molar-refractivity contribution in [2.75, 3.05) is 38.0 Å². The van der Waals surface area contributed by atoms with Crippen LogP contribution in [0.15, 0.2) is 59.4 Å². The second kappa shape index (κ2) is 8.91. The normalized spacial score (nSPS) is 14.6. The van der Waals surface area contributed by atoms with Crippen molar-refractivity contribution < 1.29 is 9.59 Å². The highest BCUT2D eigenvalue weighted by Gasteiger charge is 2.25. The van der Waals surface area contributed by atoms with Crippen molar-refractivity contribution in [3.63, 3.8) is 0 Å². The zero-order chi connectivity index (χ0) is 22.0. The number of hydrogen-bond donors (Lipinski definition) is 1. The average Bonchev–Trinajstić information content (AvgIpc) is 2.78. The van der Waals surface area contributed by atoms with Crippen molar-refractivity contribution >= 4 is 40.0 Å². The number of amides is 2. The lowest BCUT2D eigenvalue weighted by Gasteiger charge is -2.34. The molecule has 1 aliphatic rings. The summed E-state index contributed by atoms with van der Waals surface area (Å²) in [6, 6.07) is 15.9. The van der Waals surface area contributed by atoms with E-state index in [9.17, 15) is 14.4 Å². The Morgan fingerprint density at radius 3 is 2.42 bits per heavy atom. The van der Waals surface area contributed by atoms with Crippen LogP contribution in [0.1, 0.15) is 10.4 Å².